The third-order valence-electron chi connectivity index (χ3n) is 1.75. The first-order valence-electron chi connectivity index (χ1n) is 4.44. The molecule has 0 aliphatic rings. The number of hydrogen-bond acceptors (Lipinski definition) is 4. The van der Waals surface area contributed by atoms with E-state index in [2.05, 4.69) is 4.98 Å². The van der Waals surface area contributed by atoms with E-state index in [0.29, 0.717) is 17.8 Å². The SMILES string of the molecule is NC(=O)c1ccc(C(F)(F)F)nc1SCC(=O)O. The molecule has 9 heteroatoms. The Kier molecular flexibility index (Phi) is 4.17. The van der Waals surface area contributed by atoms with Gasteiger partial charge in [-0.1, -0.05) is 11.8 Å². The number of primary amides is 1. The van der Waals surface area contributed by atoms with Crippen LogP contribution in [0, 0.1) is 0 Å². The predicted octanol–water partition coefficient (Wildman–Crippen LogP) is 1.38. The molecule has 1 amide bonds. The van der Waals surface area contributed by atoms with Crippen molar-refractivity contribution in [2.45, 2.75) is 11.2 Å². The quantitative estimate of drug-likeness (QED) is 0.812. The second-order valence-electron chi connectivity index (χ2n) is 3.09. The summed E-state index contributed by atoms with van der Waals surface area (Å²) in [6.07, 6.45) is -4.67. The Morgan fingerprint density at radius 1 is 1.39 bits per heavy atom. The Labute approximate surface area is 103 Å². The Bertz CT molecular complexity index is 490. The average Bonchev–Trinajstić information content (AvgIpc) is 2.24. The van der Waals surface area contributed by atoms with Crippen LogP contribution < -0.4 is 5.73 Å². The van der Waals surface area contributed by atoms with Gasteiger partial charge in [0.05, 0.1) is 11.3 Å². The summed E-state index contributed by atoms with van der Waals surface area (Å²) in [5, 5.41) is 8.10. The lowest BCUT2D eigenvalue weighted by molar-refractivity contribution is -0.141. The van der Waals surface area contributed by atoms with Gasteiger partial charge in [0.2, 0.25) is 0 Å². The van der Waals surface area contributed by atoms with Crippen molar-refractivity contribution < 1.29 is 27.9 Å². The molecule has 1 aromatic rings. The van der Waals surface area contributed by atoms with Crippen molar-refractivity contribution in [3.05, 3.63) is 23.4 Å². The number of carboxylic acid groups (broad SMARTS) is 1. The van der Waals surface area contributed by atoms with Crippen molar-refractivity contribution in [3.8, 4) is 0 Å². The fraction of sp³-hybridized carbons (Fsp3) is 0.222. The topological polar surface area (TPSA) is 93.3 Å². The van der Waals surface area contributed by atoms with Gasteiger partial charge in [0.1, 0.15) is 10.7 Å². The molecule has 1 aromatic heterocycles. The maximum Gasteiger partial charge on any atom is 0.433 e. The van der Waals surface area contributed by atoms with Gasteiger partial charge in [-0.2, -0.15) is 13.2 Å². The number of nitrogens with two attached hydrogens (primary N) is 1. The van der Waals surface area contributed by atoms with Gasteiger partial charge in [-0.3, -0.25) is 9.59 Å². The first-order chi connectivity index (χ1) is 8.21. The van der Waals surface area contributed by atoms with Crippen LogP contribution in [0.3, 0.4) is 0 Å². The normalized spacial score (nSPS) is 11.3. The maximum absolute atomic E-state index is 12.4. The van der Waals surface area contributed by atoms with E-state index in [1.807, 2.05) is 0 Å². The van der Waals surface area contributed by atoms with Crippen LogP contribution >= 0.6 is 11.8 Å². The third kappa shape index (κ3) is 3.62. The summed E-state index contributed by atoms with van der Waals surface area (Å²) in [7, 11) is 0. The van der Waals surface area contributed by atoms with Crippen molar-refractivity contribution >= 4 is 23.6 Å². The van der Waals surface area contributed by atoms with E-state index in [0.717, 1.165) is 6.07 Å². The van der Waals surface area contributed by atoms with Crippen molar-refractivity contribution in [1.82, 2.24) is 4.98 Å². The van der Waals surface area contributed by atoms with E-state index in [-0.39, 0.29) is 10.6 Å². The monoisotopic (exact) mass is 280 g/mol. The summed E-state index contributed by atoms with van der Waals surface area (Å²) >= 11 is 0.502. The number of carboxylic acids is 1. The van der Waals surface area contributed by atoms with Crippen LogP contribution in [0.15, 0.2) is 17.2 Å². The van der Waals surface area contributed by atoms with E-state index in [4.69, 9.17) is 10.8 Å². The molecule has 1 heterocycles. The molecule has 1 rings (SSSR count). The van der Waals surface area contributed by atoms with Gasteiger partial charge in [-0.15, -0.1) is 0 Å². The standard InChI is InChI=1S/C9H7F3N2O3S/c10-9(11,12)5-2-1-4(7(13)17)8(14-5)18-3-6(15)16/h1-2H,3H2,(H2,13,17)(H,15,16). The van der Waals surface area contributed by atoms with Crippen molar-refractivity contribution in [3.63, 3.8) is 0 Å². The Balaban J connectivity index is 3.15. The Morgan fingerprint density at radius 3 is 2.44 bits per heavy atom. The van der Waals surface area contributed by atoms with E-state index in [1.165, 1.54) is 0 Å². The Hall–Kier alpha value is -1.77. The van der Waals surface area contributed by atoms with Crippen LogP contribution in [-0.2, 0) is 11.0 Å². The van der Waals surface area contributed by atoms with Crippen LogP contribution in [0.25, 0.3) is 0 Å². The number of carbonyl (C=O) groups excluding carboxylic acids is 1. The first kappa shape index (κ1) is 14.3. The minimum Gasteiger partial charge on any atom is -0.481 e. The molecule has 0 saturated heterocycles. The van der Waals surface area contributed by atoms with Gasteiger partial charge in [0, 0.05) is 0 Å². The Morgan fingerprint density at radius 2 is 2.00 bits per heavy atom. The van der Waals surface area contributed by atoms with Crippen LogP contribution in [0.2, 0.25) is 0 Å². The smallest absolute Gasteiger partial charge is 0.433 e. The van der Waals surface area contributed by atoms with Gasteiger partial charge in [-0.05, 0) is 12.1 Å². The highest BCUT2D eigenvalue weighted by Gasteiger charge is 2.33. The van der Waals surface area contributed by atoms with Gasteiger partial charge < -0.3 is 10.8 Å². The molecule has 0 unspecified atom stereocenters. The van der Waals surface area contributed by atoms with Crippen molar-refractivity contribution in [2.75, 3.05) is 5.75 Å². The zero-order valence-corrected chi connectivity index (χ0v) is 9.51. The summed E-state index contributed by atoms with van der Waals surface area (Å²) in [4.78, 5) is 24.5. The van der Waals surface area contributed by atoms with Crippen LogP contribution in [0.5, 0.6) is 0 Å². The number of aliphatic carboxylic acids is 1. The fourth-order valence-electron chi connectivity index (χ4n) is 1.03. The summed E-state index contributed by atoms with van der Waals surface area (Å²) in [6.45, 7) is 0. The largest absolute Gasteiger partial charge is 0.481 e. The number of nitrogens with zero attached hydrogens (tertiary/aromatic N) is 1. The maximum atomic E-state index is 12.4. The predicted molar refractivity (Wildman–Crippen MR) is 56.1 cm³/mol. The van der Waals surface area contributed by atoms with Crippen LogP contribution in [0.4, 0.5) is 13.2 Å². The number of rotatable bonds is 4. The van der Waals surface area contributed by atoms with E-state index < -0.39 is 29.5 Å². The number of alkyl halides is 3. The number of thioether (sulfide) groups is 1. The number of pyridine rings is 1. The molecule has 0 aromatic carbocycles. The molecule has 0 radical (unpaired) electrons. The minimum atomic E-state index is -4.67. The molecule has 0 bridgehead atoms. The molecule has 98 valence electrons. The van der Waals surface area contributed by atoms with E-state index >= 15 is 0 Å². The number of amides is 1. The van der Waals surface area contributed by atoms with E-state index in [1.54, 1.807) is 0 Å². The zero-order valence-electron chi connectivity index (χ0n) is 8.69. The average molecular weight is 280 g/mol. The fourth-order valence-corrected chi connectivity index (χ4v) is 1.77. The lowest BCUT2D eigenvalue weighted by atomic mass is 10.2. The van der Waals surface area contributed by atoms with Crippen molar-refractivity contribution in [1.29, 1.82) is 0 Å². The second kappa shape index (κ2) is 5.25. The molecule has 0 atom stereocenters. The van der Waals surface area contributed by atoms with Gasteiger partial charge >= 0.3 is 12.1 Å². The van der Waals surface area contributed by atoms with Crippen LogP contribution in [-0.4, -0.2) is 27.7 Å². The highest BCUT2D eigenvalue weighted by Crippen LogP contribution is 2.30. The zero-order chi connectivity index (χ0) is 13.9. The summed E-state index contributed by atoms with van der Waals surface area (Å²) < 4.78 is 37.2. The summed E-state index contributed by atoms with van der Waals surface area (Å²) in [6, 6.07) is 1.49. The third-order valence-corrected chi connectivity index (χ3v) is 2.72. The molecular formula is C9H7F3N2O3S. The molecule has 0 spiro atoms. The van der Waals surface area contributed by atoms with Crippen LogP contribution in [0.1, 0.15) is 16.1 Å². The molecule has 3 N–H and O–H groups in total. The lowest BCUT2D eigenvalue weighted by Crippen LogP contribution is -2.16. The number of hydrogen-bond donors (Lipinski definition) is 2. The number of carbonyl (C=O) groups is 2. The molecular weight excluding hydrogens is 273 g/mol. The molecule has 0 aliphatic heterocycles. The molecule has 0 fully saturated rings. The van der Waals surface area contributed by atoms with Gasteiger partial charge in [-0.25, -0.2) is 4.98 Å². The highest BCUT2D eigenvalue weighted by atomic mass is 32.2. The number of halogens is 3. The molecule has 0 saturated carbocycles. The van der Waals surface area contributed by atoms with Crippen molar-refractivity contribution in [2.24, 2.45) is 5.73 Å². The lowest BCUT2D eigenvalue weighted by Gasteiger charge is -2.09. The van der Waals surface area contributed by atoms with E-state index in [9.17, 15) is 22.8 Å². The second-order valence-corrected chi connectivity index (χ2v) is 4.06. The minimum absolute atomic E-state index is 0.241. The summed E-state index contributed by atoms with van der Waals surface area (Å²) in [5.41, 5.74) is 3.51. The molecule has 0 aliphatic carbocycles. The molecule has 18 heavy (non-hydrogen) atoms. The first-order valence-corrected chi connectivity index (χ1v) is 5.43. The highest BCUT2D eigenvalue weighted by molar-refractivity contribution is 7.99. The van der Waals surface area contributed by atoms with Gasteiger partial charge in [0.25, 0.3) is 5.91 Å². The molecule has 5 nitrogen and oxygen atoms in total. The van der Waals surface area contributed by atoms with Gasteiger partial charge in [0.15, 0.2) is 0 Å². The number of aromatic nitrogens is 1. The summed E-state index contributed by atoms with van der Waals surface area (Å²) in [5.74, 6) is -2.73.